The van der Waals surface area contributed by atoms with Gasteiger partial charge in [-0.1, -0.05) is 11.8 Å². The predicted molar refractivity (Wildman–Crippen MR) is 79.1 cm³/mol. The largest absolute Gasteiger partial charge is 0.471 e. The Labute approximate surface area is 139 Å². The maximum Gasteiger partial charge on any atom is 0.471 e. The van der Waals surface area contributed by atoms with Gasteiger partial charge in [-0.15, -0.1) is 0 Å². The summed E-state index contributed by atoms with van der Waals surface area (Å²) in [6.07, 6.45) is -3.69. The summed E-state index contributed by atoms with van der Waals surface area (Å²) in [5.74, 6) is 2.46. The molecule has 0 saturated carbocycles. The van der Waals surface area contributed by atoms with E-state index in [0.29, 0.717) is 12.8 Å². The third kappa shape index (κ3) is 4.71. The van der Waals surface area contributed by atoms with Crippen molar-refractivity contribution in [1.29, 1.82) is 0 Å². The standard InChI is InChI=1S/C14H15F3N4O4/c15-14(16,17)12(23)19-5-1-2-8-6-21(13(24)20-11(8)18)10-4-3-9(7-22)25-10/h6,9-10,22H,3-5,7H2,(H,19,23)(H2,18,20,24). The highest BCUT2D eigenvalue weighted by atomic mass is 19.4. The second kappa shape index (κ2) is 7.54. The molecule has 1 amide bonds. The number of carbonyl (C=O) groups is 1. The number of rotatable bonds is 3. The van der Waals surface area contributed by atoms with Crippen LogP contribution in [-0.2, 0) is 9.53 Å². The van der Waals surface area contributed by atoms with Gasteiger partial charge in [0.05, 0.1) is 24.8 Å². The van der Waals surface area contributed by atoms with E-state index < -0.39 is 30.5 Å². The lowest BCUT2D eigenvalue weighted by Crippen LogP contribution is -2.36. The molecule has 4 N–H and O–H groups in total. The first kappa shape index (κ1) is 18.8. The molecule has 0 spiro atoms. The zero-order chi connectivity index (χ0) is 18.6. The number of halogens is 3. The van der Waals surface area contributed by atoms with Gasteiger partial charge in [0.1, 0.15) is 12.0 Å². The molecule has 1 fully saturated rings. The monoisotopic (exact) mass is 360 g/mol. The van der Waals surface area contributed by atoms with E-state index in [1.165, 1.54) is 6.20 Å². The van der Waals surface area contributed by atoms with Gasteiger partial charge in [0.2, 0.25) is 0 Å². The van der Waals surface area contributed by atoms with Gasteiger partial charge in [-0.3, -0.25) is 9.36 Å². The van der Waals surface area contributed by atoms with Gasteiger partial charge in [-0.05, 0) is 12.8 Å². The summed E-state index contributed by atoms with van der Waals surface area (Å²) in [6, 6.07) is 0. The molecule has 1 aromatic heterocycles. The molecule has 2 heterocycles. The Bertz CT molecular complexity index is 766. The molecule has 8 nitrogen and oxygen atoms in total. The summed E-state index contributed by atoms with van der Waals surface area (Å²) in [4.78, 5) is 26.1. The van der Waals surface area contributed by atoms with E-state index in [1.54, 1.807) is 5.32 Å². The second-order valence-electron chi connectivity index (χ2n) is 5.18. The SMILES string of the molecule is Nc1nc(=O)n(C2CCC(CO)O2)cc1C#CCNC(=O)C(F)(F)F. The molecule has 1 aliphatic rings. The molecule has 136 valence electrons. The number of aromatic nitrogens is 2. The van der Waals surface area contributed by atoms with Gasteiger partial charge in [0.15, 0.2) is 0 Å². The number of nitrogen functional groups attached to an aromatic ring is 1. The van der Waals surface area contributed by atoms with Crippen LogP contribution in [0, 0.1) is 11.8 Å². The molecule has 2 unspecified atom stereocenters. The molecular weight excluding hydrogens is 345 g/mol. The average Bonchev–Trinajstić information content (AvgIpc) is 3.00. The summed E-state index contributed by atoms with van der Waals surface area (Å²) in [5.41, 5.74) is 5.02. The molecule has 25 heavy (non-hydrogen) atoms. The van der Waals surface area contributed by atoms with Crippen molar-refractivity contribution in [3.63, 3.8) is 0 Å². The molecule has 2 atom stereocenters. The smallest absolute Gasteiger partial charge is 0.394 e. The van der Waals surface area contributed by atoms with Crippen LogP contribution >= 0.6 is 0 Å². The quantitative estimate of drug-likeness (QED) is 0.627. The molecule has 1 saturated heterocycles. The van der Waals surface area contributed by atoms with E-state index in [1.807, 2.05) is 0 Å². The number of hydrogen-bond donors (Lipinski definition) is 3. The Morgan fingerprint density at radius 2 is 2.24 bits per heavy atom. The maximum atomic E-state index is 12.0. The van der Waals surface area contributed by atoms with Crippen LogP contribution in [-0.4, -0.2) is 46.0 Å². The van der Waals surface area contributed by atoms with E-state index in [0.717, 1.165) is 4.57 Å². The summed E-state index contributed by atoms with van der Waals surface area (Å²) in [7, 11) is 0. The number of alkyl halides is 3. The maximum absolute atomic E-state index is 12.0. The number of amides is 1. The first-order valence-corrected chi connectivity index (χ1v) is 7.21. The van der Waals surface area contributed by atoms with Crippen molar-refractivity contribution in [2.75, 3.05) is 18.9 Å². The van der Waals surface area contributed by atoms with Gasteiger partial charge in [0.25, 0.3) is 0 Å². The van der Waals surface area contributed by atoms with Crippen molar-refractivity contribution in [1.82, 2.24) is 14.9 Å². The van der Waals surface area contributed by atoms with E-state index >= 15 is 0 Å². The highest BCUT2D eigenvalue weighted by Crippen LogP contribution is 2.27. The van der Waals surface area contributed by atoms with Crippen LogP contribution in [0.3, 0.4) is 0 Å². The Balaban J connectivity index is 2.12. The zero-order valence-electron chi connectivity index (χ0n) is 12.8. The molecule has 11 heteroatoms. The number of nitrogens with zero attached hydrogens (tertiary/aromatic N) is 2. The highest BCUT2D eigenvalue weighted by Gasteiger charge is 2.38. The Morgan fingerprint density at radius 1 is 1.52 bits per heavy atom. The minimum atomic E-state index is -4.99. The normalized spacial score (nSPS) is 20.0. The van der Waals surface area contributed by atoms with E-state index in [4.69, 9.17) is 15.6 Å². The third-order valence-corrected chi connectivity index (χ3v) is 3.40. The average molecular weight is 360 g/mol. The minimum Gasteiger partial charge on any atom is -0.394 e. The van der Waals surface area contributed by atoms with Crippen LogP contribution in [0.1, 0.15) is 24.6 Å². The second-order valence-corrected chi connectivity index (χ2v) is 5.18. The van der Waals surface area contributed by atoms with Crippen LogP contribution in [0.4, 0.5) is 19.0 Å². The van der Waals surface area contributed by atoms with Crippen molar-refractivity contribution in [2.24, 2.45) is 0 Å². The summed E-state index contributed by atoms with van der Waals surface area (Å²) < 4.78 is 42.7. The van der Waals surface area contributed by atoms with Crippen LogP contribution in [0.2, 0.25) is 0 Å². The summed E-state index contributed by atoms with van der Waals surface area (Å²) in [6.45, 7) is -0.733. The third-order valence-electron chi connectivity index (χ3n) is 3.40. The first-order chi connectivity index (χ1) is 11.7. The lowest BCUT2D eigenvalue weighted by atomic mass is 10.2. The molecule has 1 aliphatic heterocycles. The number of nitrogens with two attached hydrogens (primary N) is 1. The predicted octanol–water partition coefficient (Wildman–Crippen LogP) is -0.475. The lowest BCUT2D eigenvalue weighted by molar-refractivity contribution is -0.173. The van der Waals surface area contributed by atoms with Gasteiger partial charge in [0, 0.05) is 6.20 Å². The van der Waals surface area contributed by atoms with Gasteiger partial charge >= 0.3 is 17.8 Å². The number of aliphatic hydroxyl groups excluding tert-OH is 1. The Morgan fingerprint density at radius 3 is 2.84 bits per heavy atom. The minimum absolute atomic E-state index is 0.108. The fraction of sp³-hybridized carbons (Fsp3) is 0.500. The van der Waals surface area contributed by atoms with E-state index in [-0.39, 0.29) is 24.1 Å². The molecule has 0 aliphatic carbocycles. The number of anilines is 1. The summed E-state index contributed by atoms with van der Waals surface area (Å²) >= 11 is 0. The van der Waals surface area contributed by atoms with Gasteiger partial charge in [-0.25, -0.2) is 4.79 Å². The molecular formula is C14H15F3N4O4. The van der Waals surface area contributed by atoms with Crippen LogP contribution < -0.4 is 16.7 Å². The van der Waals surface area contributed by atoms with E-state index in [2.05, 4.69) is 16.8 Å². The topological polar surface area (TPSA) is 119 Å². The van der Waals surface area contributed by atoms with Crippen LogP contribution in [0.5, 0.6) is 0 Å². The van der Waals surface area contributed by atoms with E-state index in [9.17, 15) is 22.8 Å². The fourth-order valence-corrected chi connectivity index (χ4v) is 2.17. The number of hydrogen-bond acceptors (Lipinski definition) is 6. The number of ether oxygens (including phenoxy) is 1. The van der Waals surface area contributed by atoms with Gasteiger partial charge in [-0.2, -0.15) is 18.2 Å². The summed E-state index contributed by atoms with van der Waals surface area (Å²) in [5, 5.41) is 10.6. The zero-order valence-corrected chi connectivity index (χ0v) is 12.8. The molecule has 1 aromatic rings. The fourth-order valence-electron chi connectivity index (χ4n) is 2.17. The van der Waals surface area contributed by atoms with Crippen molar-refractivity contribution in [2.45, 2.75) is 31.3 Å². The Kier molecular flexibility index (Phi) is 5.66. The van der Waals surface area contributed by atoms with Crippen LogP contribution in [0.25, 0.3) is 0 Å². The number of nitrogens with one attached hydrogen (secondary N) is 1. The molecule has 0 radical (unpaired) electrons. The van der Waals surface area contributed by atoms with Gasteiger partial charge < -0.3 is 20.9 Å². The Hall–Kier alpha value is -2.58. The van der Waals surface area contributed by atoms with Crippen molar-refractivity contribution in [3.05, 3.63) is 22.2 Å². The lowest BCUT2D eigenvalue weighted by Gasteiger charge is -2.15. The highest BCUT2D eigenvalue weighted by molar-refractivity contribution is 5.81. The van der Waals surface area contributed by atoms with Crippen molar-refractivity contribution in [3.8, 4) is 11.8 Å². The number of carbonyl (C=O) groups excluding carboxylic acids is 1. The van der Waals surface area contributed by atoms with Crippen LogP contribution in [0.15, 0.2) is 11.0 Å². The molecule has 0 bridgehead atoms. The first-order valence-electron chi connectivity index (χ1n) is 7.21. The number of aliphatic hydroxyl groups is 1. The molecule has 2 rings (SSSR count). The molecule has 0 aromatic carbocycles. The van der Waals surface area contributed by atoms with Crippen molar-refractivity contribution >= 4 is 11.7 Å². The van der Waals surface area contributed by atoms with Crippen molar-refractivity contribution < 1.29 is 27.8 Å².